The Hall–Kier alpha value is -3.32. The molecule has 0 saturated heterocycles. The lowest BCUT2D eigenvalue weighted by molar-refractivity contribution is 0.309. The number of fused-ring (bicyclic) bond motifs is 1. The molecule has 30 heavy (non-hydrogen) atoms. The first-order valence-corrected chi connectivity index (χ1v) is 11.3. The minimum atomic E-state index is -3.71. The minimum Gasteiger partial charge on any atom is -0.494 e. The maximum Gasteiger partial charge on any atom is 0.261 e. The number of imidazole rings is 1. The van der Waals surface area contributed by atoms with Crippen molar-refractivity contribution in [2.24, 2.45) is 0 Å². The molecule has 0 radical (unpaired) electrons. The Kier molecular flexibility index (Phi) is 5.72. The maximum absolute atomic E-state index is 12.8. The molecule has 0 spiro atoms. The van der Waals surface area contributed by atoms with Gasteiger partial charge in [0.05, 0.1) is 17.2 Å². The molecule has 0 aliphatic heterocycles. The van der Waals surface area contributed by atoms with Crippen molar-refractivity contribution in [2.45, 2.75) is 24.7 Å². The molecule has 0 unspecified atom stereocenters. The molecule has 4 rings (SSSR count). The predicted octanol–water partition coefficient (Wildman–Crippen LogP) is 4.98. The summed E-state index contributed by atoms with van der Waals surface area (Å²) in [6, 6.07) is 19.5. The van der Waals surface area contributed by atoms with Crippen molar-refractivity contribution in [1.82, 2.24) is 9.38 Å². The largest absolute Gasteiger partial charge is 0.494 e. The van der Waals surface area contributed by atoms with Gasteiger partial charge in [0.25, 0.3) is 10.0 Å². The average Bonchev–Trinajstić information content (AvgIpc) is 3.19. The molecule has 0 amide bonds. The second-order valence-electron chi connectivity index (χ2n) is 6.95. The van der Waals surface area contributed by atoms with E-state index in [1.165, 1.54) is 0 Å². The molecule has 0 aliphatic carbocycles. The van der Waals surface area contributed by atoms with Gasteiger partial charge in [0.15, 0.2) is 0 Å². The number of hydrogen-bond acceptors (Lipinski definition) is 4. The molecule has 0 aliphatic rings. The first-order valence-electron chi connectivity index (χ1n) is 9.85. The number of nitrogens with zero attached hydrogens (tertiary/aromatic N) is 2. The van der Waals surface area contributed by atoms with Crippen LogP contribution in [0.15, 0.2) is 84.0 Å². The van der Waals surface area contributed by atoms with Crippen molar-refractivity contribution in [2.75, 3.05) is 11.3 Å². The zero-order valence-corrected chi connectivity index (χ0v) is 17.5. The van der Waals surface area contributed by atoms with Crippen molar-refractivity contribution in [3.8, 4) is 17.0 Å². The van der Waals surface area contributed by atoms with Crippen LogP contribution in [0.4, 0.5) is 5.69 Å². The van der Waals surface area contributed by atoms with E-state index in [9.17, 15) is 8.42 Å². The highest BCUT2D eigenvalue weighted by atomic mass is 32.2. The number of hydrogen-bond donors (Lipinski definition) is 1. The third kappa shape index (κ3) is 4.46. The van der Waals surface area contributed by atoms with Gasteiger partial charge in [-0.2, -0.15) is 0 Å². The molecular formula is C23H23N3O3S. The summed E-state index contributed by atoms with van der Waals surface area (Å²) in [6.45, 7) is 2.71. The van der Waals surface area contributed by atoms with Crippen molar-refractivity contribution in [3.05, 3.63) is 79.1 Å². The molecule has 1 N–H and O–H groups in total. The van der Waals surface area contributed by atoms with Crippen LogP contribution in [-0.4, -0.2) is 24.4 Å². The summed E-state index contributed by atoms with van der Waals surface area (Å²) in [7, 11) is -3.71. The van der Waals surface area contributed by atoms with E-state index >= 15 is 0 Å². The van der Waals surface area contributed by atoms with E-state index in [0.29, 0.717) is 18.0 Å². The first-order chi connectivity index (χ1) is 14.5. The second-order valence-corrected chi connectivity index (χ2v) is 8.63. The van der Waals surface area contributed by atoms with Gasteiger partial charge < -0.3 is 9.14 Å². The number of ether oxygens (including phenoxy) is 1. The van der Waals surface area contributed by atoms with Crippen molar-refractivity contribution in [3.63, 3.8) is 0 Å². The fraction of sp³-hybridized carbons (Fsp3) is 0.174. The van der Waals surface area contributed by atoms with Crippen molar-refractivity contribution >= 4 is 21.4 Å². The van der Waals surface area contributed by atoms with Gasteiger partial charge in [-0.1, -0.05) is 31.5 Å². The molecule has 2 heterocycles. The number of benzene rings is 2. The fourth-order valence-corrected chi connectivity index (χ4v) is 4.13. The molecule has 6 nitrogen and oxygen atoms in total. The summed E-state index contributed by atoms with van der Waals surface area (Å²) in [5, 5.41) is 0. The van der Waals surface area contributed by atoms with E-state index in [0.717, 1.165) is 29.7 Å². The van der Waals surface area contributed by atoms with E-state index in [-0.39, 0.29) is 4.90 Å². The first kappa shape index (κ1) is 20.0. The summed E-state index contributed by atoms with van der Waals surface area (Å²) >= 11 is 0. The molecular weight excluding hydrogens is 398 g/mol. The van der Waals surface area contributed by atoms with E-state index in [2.05, 4.69) is 16.6 Å². The molecule has 2 aromatic heterocycles. The van der Waals surface area contributed by atoms with Crippen LogP contribution in [0.5, 0.6) is 5.75 Å². The molecule has 0 saturated carbocycles. The number of sulfonamides is 1. The Morgan fingerprint density at radius 3 is 2.63 bits per heavy atom. The van der Waals surface area contributed by atoms with E-state index in [1.807, 2.05) is 47.1 Å². The molecule has 0 fully saturated rings. The Morgan fingerprint density at radius 1 is 1.03 bits per heavy atom. The molecule has 154 valence electrons. The number of unbranched alkanes of at least 4 members (excludes halogenated alkanes) is 1. The van der Waals surface area contributed by atoms with Gasteiger partial charge in [-0.25, -0.2) is 13.4 Å². The maximum atomic E-state index is 12.8. The van der Waals surface area contributed by atoms with Gasteiger partial charge in [-0.15, -0.1) is 0 Å². The summed E-state index contributed by atoms with van der Waals surface area (Å²) < 4.78 is 35.8. The van der Waals surface area contributed by atoms with Crippen LogP contribution in [0.3, 0.4) is 0 Å². The highest BCUT2D eigenvalue weighted by Crippen LogP contribution is 2.25. The summed E-state index contributed by atoms with van der Waals surface area (Å²) in [5.41, 5.74) is 2.92. The highest BCUT2D eigenvalue weighted by Gasteiger charge is 2.15. The van der Waals surface area contributed by atoms with E-state index < -0.39 is 10.0 Å². The van der Waals surface area contributed by atoms with Crippen LogP contribution in [0, 0.1) is 0 Å². The monoisotopic (exact) mass is 421 g/mol. The normalized spacial score (nSPS) is 11.5. The van der Waals surface area contributed by atoms with E-state index in [4.69, 9.17) is 4.74 Å². The molecule has 0 atom stereocenters. The fourth-order valence-electron chi connectivity index (χ4n) is 3.08. The lowest BCUT2D eigenvalue weighted by Gasteiger charge is -2.10. The molecule has 0 bridgehead atoms. The molecule has 4 aromatic rings. The van der Waals surface area contributed by atoms with Crippen molar-refractivity contribution in [1.29, 1.82) is 0 Å². The summed E-state index contributed by atoms with van der Waals surface area (Å²) in [4.78, 5) is 4.77. The lowest BCUT2D eigenvalue weighted by Crippen LogP contribution is -2.12. The SMILES string of the molecule is CCCCOc1ccc(S(=O)(=O)Nc2cccc(-c3cn4ccccc4n3)c2)cc1. The topological polar surface area (TPSA) is 72.7 Å². The minimum absolute atomic E-state index is 0.184. The smallest absolute Gasteiger partial charge is 0.261 e. The predicted molar refractivity (Wildman–Crippen MR) is 118 cm³/mol. The van der Waals surface area contributed by atoms with Crippen molar-refractivity contribution < 1.29 is 13.2 Å². The second kappa shape index (κ2) is 8.59. The number of pyridine rings is 1. The van der Waals surface area contributed by atoms with Crippen LogP contribution in [0.1, 0.15) is 19.8 Å². The van der Waals surface area contributed by atoms with Gasteiger partial charge in [-0.05, 0) is 55.0 Å². The van der Waals surface area contributed by atoms with Crippen LogP contribution >= 0.6 is 0 Å². The number of aromatic nitrogens is 2. The Balaban J connectivity index is 1.52. The lowest BCUT2D eigenvalue weighted by atomic mass is 10.1. The van der Waals surface area contributed by atoms with Gasteiger partial charge in [-0.3, -0.25) is 4.72 Å². The van der Waals surface area contributed by atoms with Crippen LogP contribution < -0.4 is 9.46 Å². The standard InChI is InChI=1S/C23H23N3O3S/c1-2-3-15-29-20-10-12-21(13-11-20)30(27,28)25-19-8-6-7-18(16-19)22-17-26-14-5-4-9-23(26)24-22/h4-14,16-17,25H,2-3,15H2,1H3. The summed E-state index contributed by atoms with van der Waals surface area (Å²) in [5.74, 6) is 0.663. The van der Waals surface area contributed by atoms with Gasteiger partial charge in [0.2, 0.25) is 0 Å². The highest BCUT2D eigenvalue weighted by molar-refractivity contribution is 7.92. The van der Waals surface area contributed by atoms with E-state index in [1.54, 1.807) is 36.4 Å². The Labute approximate surface area is 176 Å². The third-order valence-corrected chi connectivity index (χ3v) is 6.07. The van der Waals surface area contributed by atoms with Crippen LogP contribution in [0.2, 0.25) is 0 Å². The third-order valence-electron chi connectivity index (χ3n) is 4.68. The summed E-state index contributed by atoms with van der Waals surface area (Å²) in [6.07, 6.45) is 5.85. The zero-order valence-electron chi connectivity index (χ0n) is 16.7. The molecule has 7 heteroatoms. The molecule has 2 aromatic carbocycles. The quantitative estimate of drug-likeness (QED) is 0.407. The van der Waals surface area contributed by atoms with Gasteiger partial charge >= 0.3 is 0 Å². The Morgan fingerprint density at radius 2 is 1.87 bits per heavy atom. The van der Waals surface area contributed by atoms with Gasteiger partial charge in [0, 0.05) is 23.6 Å². The zero-order chi connectivity index (χ0) is 21.0. The number of nitrogens with one attached hydrogen (secondary N) is 1. The number of anilines is 1. The van der Waals surface area contributed by atoms with Crippen LogP contribution in [-0.2, 0) is 10.0 Å². The Bertz CT molecular complexity index is 1220. The average molecular weight is 422 g/mol. The van der Waals surface area contributed by atoms with Gasteiger partial charge in [0.1, 0.15) is 11.4 Å². The van der Waals surface area contributed by atoms with Crippen LogP contribution in [0.25, 0.3) is 16.9 Å². The number of rotatable bonds is 8.